The molecule has 4 aromatic carbocycles. The largest absolute Gasteiger partial charge is 0.270 e. The van der Waals surface area contributed by atoms with Gasteiger partial charge in [0.2, 0.25) is 11.0 Å². The Labute approximate surface area is 214 Å². The molecule has 2 aromatic heterocycles. The third kappa shape index (κ3) is 4.07. The monoisotopic (exact) mass is 492 g/mol. The molecule has 0 aliphatic heterocycles. The van der Waals surface area contributed by atoms with Crippen molar-refractivity contribution in [1.82, 2.24) is 0 Å². The second-order valence-electron chi connectivity index (χ2n) is 8.81. The van der Waals surface area contributed by atoms with Gasteiger partial charge in [-0.2, -0.15) is 9.13 Å². The van der Waals surface area contributed by atoms with Gasteiger partial charge in [-0.1, -0.05) is 71.2 Å². The predicted molar refractivity (Wildman–Crippen MR) is 149 cm³/mol. The highest BCUT2D eigenvalue weighted by atomic mass is 32.1. The molecule has 0 N–H and O–H groups in total. The van der Waals surface area contributed by atoms with E-state index in [-0.39, 0.29) is 0 Å². The van der Waals surface area contributed by atoms with E-state index in [1.807, 2.05) is 22.7 Å². The van der Waals surface area contributed by atoms with Gasteiger partial charge in [0, 0.05) is 12.1 Å². The van der Waals surface area contributed by atoms with Crippen LogP contribution in [0.5, 0.6) is 0 Å². The van der Waals surface area contributed by atoms with E-state index in [9.17, 15) is 0 Å². The van der Waals surface area contributed by atoms with Crippen LogP contribution < -0.4 is 9.13 Å². The zero-order chi connectivity index (χ0) is 23.8. The van der Waals surface area contributed by atoms with Gasteiger partial charge < -0.3 is 0 Å². The molecule has 0 spiro atoms. The zero-order valence-electron chi connectivity index (χ0n) is 20.1. The lowest BCUT2D eigenvalue weighted by molar-refractivity contribution is -0.653. The molecule has 6 rings (SSSR count). The SMILES string of the molecule is CC[n+]1c(-c2ccc(Cc3ccc(-c4sc5ccccc5[n+]4CC)cc3)cc2)sc2ccccc21. The van der Waals surface area contributed by atoms with E-state index in [0.717, 1.165) is 19.5 Å². The van der Waals surface area contributed by atoms with Gasteiger partial charge in [0.25, 0.3) is 10.0 Å². The summed E-state index contributed by atoms with van der Waals surface area (Å²) in [6.07, 6.45) is 0.945. The van der Waals surface area contributed by atoms with Crippen molar-refractivity contribution in [2.75, 3.05) is 0 Å². The Balaban J connectivity index is 1.24. The average Bonchev–Trinajstić information content (AvgIpc) is 3.48. The van der Waals surface area contributed by atoms with Crippen molar-refractivity contribution in [2.45, 2.75) is 33.4 Å². The van der Waals surface area contributed by atoms with Gasteiger partial charge in [-0.15, -0.1) is 0 Å². The van der Waals surface area contributed by atoms with Crippen LogP contribution in [-0.4, -0.2) is 0 Å². The molecule has 0 atom stereocenters. The van der Waals surface area contributed by atoms with Crippen molar-refractivity contribution in [1.29, 1.82) is 0 Å². The molecule has 172 valence electrons. The molecule has 2 nitrogen and oxygen atoms in total. The highest BCUT2D eigenvalue weighted by Gasteiger charge is 2.21. The van der Waals surface area contributed by atoms with Crippen molar-refractivity contribution >= 4 is 43.1 Å². The standard InChI is InChI=1S/C31H28N2S2/c1-3-32-26-9-5-7-11-28(26)34-30(32)24-17-13-22(14-18-24)21-23-15-19-25(20-16-23)31-33(4-2)27-10-6-8-12-29(27)35-31/h5-20H,3-4,21H2,1-2H3/q+2. The highest BCUT2D eigenvalue weighted by Crippen LogP contribution is 2.30. The van der Waals surface area contributed by atoms with E-state index in [0.29, 0.717) is 0 Å². The molecule has 35 heavy (non-hydrogen) atoms. The van der Waals surface area contributed by atoms with Gasteiger partial charge in [-0.05, 0) is 67.8 Å². The summed E-state index contributed by atoms with van der Waals surface area (Å²) in [4.78, 5) is 0. The van der Waals surface area contributed by atoms with E-state index in [2.05, 4.69) is 120 Å². The third-order valence-electron chi connectivity index (χ3n) is 6.66. The number of benzene rings is 4. The van der Waals surface area contributed by atoms with E-state index in [4.69, 9.17) is 0 Å². The van der Waals surface area contributed by atoms with Crippen LogP contribution in [0.2, 0.25) is 0 Å². The summed E-state index contributed by atoms with van der Waals surface area (Å²) in [5.74, 6) is 0. The van der Waals surface area contributed by atoms with E-state index in [1.165, 1.54) is 52.7 Å². The first kappa shape index (κ1) is 22.1. The molecule has 0 saturated carbocycles. The van der Waals surface area contributed by atoms with Crippen LogP contribution in [0.25, 0.3) is 41.6 Å². The first-order valence-corrected chi connectivity index (χ1v) is 13.9. The summed E-state index contributed by atoms with van der Waals surface area (Å²) >= 11 is 3.75. The molecule has 0 bridgehead atoms. The third-order valence-corrected chi connectivity index (χ3v) is 9.09. The van der Waals surface area contributed by atoms with Crippen molar-refractivity contribution in [2.24, 2.45) is 0 Å². The molecule has 0 unspecified atom stereocenters. The number of hydrogen-bond donors (Lipinski definition) is 0. The van der Waals surface area contributed by atoms with Crippen molar-refractivity contribution in [3.8, 4) is 21.1 Å². The smallest absolute Gasteiger partial charge is 0.182 e. The number of para-hydroxylation sites is 2. The van der Waals surface area contributed by atoms with Gasteiger partial charge in [0.1, 0.15) is 22.5 Å². The van der Waals surface area contributed by atoms with Gasteiger partial charge in [0.05, 0.1) is 11.1 Å². The van der Waals surface area contributed by atoms with Crippen LogP contribution >= 0.6 is 22.7 Å². The van der Waals surface area contributed by atoms with E-state index in [1.54, 1.807) is 0 Å². The Morgan fingerprint density at radius 2 is 0.914 bits per heavy atom. The minimum atomic E-state index is 0.945. The summed E-state index contributed by atoms with van der Waals surface area (Å²) in [7, 11) is 0. The molecule has 0 aliphatic rings. The predicted octanol–water partition coefficient (Wildman–Crippen LogP) is 7.66. The average molecular weight is 493 g/mol. The molecule has 0 saturated heterocycles. The van der Waals surface area contributed by atoms with Crippen LogP contribution in [0.3, 0.4) is 0 Å². The fourth-order valence-corrected chi connectivity index (χ4v) is 7.35. The van der Waals surface area contributed by atoms with Crippen LogP contribution in [0.4, 0.5) is 0 Å². The van der Waals surface area contributed by atoms with E-state index >= 15 is 0 Å². The normalized spacial score (nSPS) is 11.5. The first-order chi connectivity index (χ1) is 17.2. The summed E-state index contributed by atoms with van der Waals surface area (Å²) in [6, 6.07) is 35.6. The second-order valence-corrected chi connectivity index (χ2v) is 10.9. The fraction of sp³-hybridized carbons (Fsp3) is 0.161. The Bertz CT molecular complexity index is 1500. The Morgan fingerprint density at radius 1 is 0.514 bits per heavy atom. The lowest BCUT2D eigenvalue weighted by atomic mass is 10.0. The Kier molecular flexibility index (Phi) is 5.93. The molecule has 0 amide bonds. The van der Waals surface area contributed by atoms with Crippen molar-refractivity contribution in [3.63, 3.8) is 0 Å². The lowest BCUT2D eigenvalue weighted by Crippen LogP contribution is -2.32. The van der Waals surface area contributed by atoms with Crippen molar-refractivity contribution in [3.05, 3.63) is 108 Å². The van der Waals surface area contributed by atoms with Crippen molar-refractivity contribution < 1.29 is 9.13 Å². The zero-order valence-corrected chi connectivity index (χ0v) is 21.7. The number of nitrogens with zero attached hydrogens (tertiary/aromatic N) is 2. The van der Waals surface area contributed by atoms with Crippen LogP contribution in [0.1, 0.15) is 25.0 Å². The molecule has 0 aliphatic carbocycles. The molecule has 0 fully saturated rings. The second kappa shape index (κ2) is 9.37. The summed E-state index contributed by atoms with van der Waals surface area (Å²) in [5.41, 5.74) is 7.92. The van der Waals surface area contributed by atoms with Gasteiger partial charge in [-0.25, -0.2) is 0 Å². The number of hydrogen-bond acceptors (Lipinski definition) is 2. The number of thiazole rings is 2. The van der Waals surface area contributed by atoms with Crippen LogP contribution in [0, 0.1) is 0 Å². The molecule has 2 heterocycles. The molecule has 0 radical (unpaired) electrons. The quantitative estimate of drug-likeness (QED) is 0.211. The number of fused-ring (bicyclic) bond motifs is 2. The minimum absolute atomic E-state index is 0.945. The highest BCUT2D eigenvalue weighted by molar-refractivity contribution is 7.21. The first-order valence-electron chi connectivity index (χ1n) is 12.3. The maximum atomic E-state index is 2.42. The molecule has 6 aromatic rings. The summed E-state index contributed by atoms with van der Waals surface area (Å²) in [6.45, 7) is 6.40. The Morgan fingerprint density at radius 3 is 1.31 bits per heavy atom. The number of rotatable bonds is 6. The van der Waals surface area contributed by atoms with Gasteiger partial charge in [0.15, 0.2) is 0 Å². The molecular formula is C31H28N2S2+2. The molecular weight excluding hydrogens is 464 g/mol. The van der Waals surface area contributed by atoms with Crippen LogP contribution in [-0.2, 0) is 19.5 Å². The maximum absolute atomic E-state index is 2.42. The fourth-order valence-electron chi connectivity index (χ4n) is 4.89. The van der Waals surface area contributed by atoms with Gasteiger partial charge >= 0.3 is 0 Å². The number of aromatic nitrogens is 2. The maximum Gasteiger partial charge on any atom is 0.270 e. The summed E-state index contributed by atoms with van der Waals surface area (Å²) < 4.78 is 7.53. The minimum Gasteiger partial charge on any atom is -0.182 e. The topological polar surface area (TPSA) is 7.76 Å². The lowest BCUT2D eigenvalue weighted by Gasteiger charge is -2.04. The van der Waals surface area contributed by atoms with Crippen LogP contribution in [0.15, 0.2) is 97.1 Å². The summed E-state index contributed by atoms with van der Waals surface area (Å²) in [5, 5.41) is 2.66. The van der Waals surface area contributed by atoms with Gasteiger partial charge in [-0.3, -0.25) is 0 Å². The Hall–Kier alpha value is -3.34. The van der Waals surface area contributed by atoms with E-state index < -0.39 is 0 Å². The number of aryl methyl sites for hydroxylation is 2. The molecule has 4 heteroatoms.